The van der Waals surface area contributed by atoms with Crippen molar-refractivity contribution in [1.82, 2.24) is 9.55 Å². The molecule has 0 N–H and O–H groups in total. The van der Waals surface area contributed by atoms with Gasteiger partial charge in [-0.15, -0.1) is 0 Å². The van der Waals surface area contributed by atoms with Crippen molar-refractivity contribution < 1.29 is 23.1 Å². The molecular formula is C28H21F2N3O3. The van der Waals surface area contributed by atoms with E-state index in [0.29, 0.717) is 11.3 Å². The fourth-order valence-corrected chi connectivity index (χ4v) is 4.00. The second-order valence-corrected chi connectivity index (χ2v) is 7.92. The van der Waals surface area contributed by atoms with E-state index in [1.54, 1.807) is 37.3 Å². The highest BCUT2D eigenvalue weighted by Gasteiger charge is 2.34. The summed E-state index contributed by atoms with van der Waals surface area (Å²) >= 11 is 0. The van der Waals surface area contributed by atoms with Crippen LogP contribution in [0, 0.1) is 23.0 Å². The Morgan fingerprint density at radius 3 is 2.31 bits per heavy atom. The molecule has 0 aliphatic rings. The highest BCUT2D eigenvalue weighted by molar-refractivity contribution is 6.03. The summed E-state index contributed by atoms with van der Waals surface area (Å²) < 4.78 is 36.1. The summed E-state index contributed by atoms with van der Waals surface area (Å²) in [7, 11) is 0. The van der Waals surface area contributed by atoms with E-state index in [0.717, 1.165) is 6.07 Å². The van der Waals surface area contributed by atoms with Gasteiger partial charge < -0.3 is 9.30 Å². The van der Waals surface area contributed by atoms with E-state index in [9.17, 15) is 18.4 Å². The molecule has 0 aliphatic heterocycles. The number of ether oxygens (including phenoxy) is 1. The average Bonchev–Trinajstić information content (AvgIpc) is 3.33. The van der Waals surface area contributed by atoms with E-state index in [1.165, 1.54) is 47.3 Å². The highest BCUT2D eigenvalue weighted by atomic mass is 19.1. The van der Waals surface area contributed by atoms with Gasteiger partial charge in [-0.25, -0.2) is 18.6 Å². The zero-order chi connectivity index (χ0) is 25.7. The second kappa shape index (κ2) is 10.7. The molecule has 180 valence electrons. The van der Waals surface area contributed by atoms with Crippen LogP contribution in [0.25, 0.3) is 5.69 Å². The predicted octanol–water partition coefficient (Wildman–Crippen LogP) is 5.41. The lowest BCUT2D eigenvalue weighted by atomic mass is 9.87. The molecule has 0 radical (unpaired) electrons. The van der Waals surface area contributed by atoms with Crippen molar-refractivity contribution in [2.75, 3.05) is 6.61 Å². The maximum atomic E-state index is 14.7. The molecule has 0 amide bonds. The molecule has 1 heterocycles. The number of rotatable bonds is 8. The van der Waals surface area contributed by atoms with Crippen LogP contribution in [0.1, 0.15) is 50.5 Å². The molecule has 4 rings (SSSR count). The third-order valence-electron chi connectivity index (χ3n) is 5.72. The Hall–Kier alpha value is -4.64. The van der Waals surface area contributed by atoms with Crippen LogP contribution in [-0.4, -0.2) is 27.9 Å². The molecule has 1 atom stereocenters. The first kappa shape index (κ1) is 24.5. The normalized spacial score (nSPS) is 11.5. The number of nitrogens with zero attached hydrogens (tertiary/aromatic N) is 3. The van der Waals surface area contributed by atoms with Gasteiger partial charge in [-0.05, 0) is 61.4 Å². The van der Waals surface area contributed by atoms with Crippen LogP contribution >= 0.6 is 0 Å². The zero-order valence-electron chi connectivity index (χ0n) is 19.3. The maximum Gasteiger partial charge on any atom is 0.358 e. The average molecular weight is 485 g/mol. The van der Waals surface area contributed by atoms with Crippen LogP contribution in [-0.2, 0) is 11.2 Å². The molecule has 0 aliphatic carbocycles. The summed E-state index contributed by atoms with van der Waals surface area (Å²) in [6, 6.07) is 19.9. The third-order valence-corrected chi connectivity index (χ3v) is 5.72. The standard InChI is InChI=1S/C28H21F2N3O3/c1-2-36-28(35)25-26(33(17-32-25)20-13-11-18(16-31)12-14-20)22(15-19-7-3-5-9-23(19)29)27(34)21-8-4-6-10-24(21)30/h3-14,17,22H,2,15H2,1H3. The fourth-order valence-electron chi connectivity index (χ4n) is 4.00. The topological polar surface area (TPSA) is 85.0 Å². The number of imidazole rings is 1. The highest BCUT2D eigenvalue weighted by Crippen LogP contribution is 2.32. The Labute approximate surface area is 206 Å². The van der Waals surface area contributed by atoms with Gasteiger partial charge in [-0.2, -0.15) is 5.26 Å². The Bertz CT molecular complexity index is 1460. The summed E-state index contributed by atoms with van der Waals surface area (Å²) in [5, 5.41) is 9.15. The summed E-state index contributed by atoms with van der Waals surface area (Å²) in [5.41, 5.74) is 0.945. The SMILES string of the molecule is CCOC(=O)c1ncn(-c2ccc(C#N)cc2)c1C(Cc1ccccc1F)C(=O)c1ccccc1F. The predicted molar refractivity (Wildman–Crippen MR) is 128 cm³/mol. The molecule has 0 saturated carbocycles. The number of nitriles is 1. The summed E-state index contributed by atoms with van der Waals surface area (Å²) in [6.45, 7) is 1.71. The smallest absolute Gasteiger partial charge is 0.358 e. The number of benzene rings is 3. The van der Waals surface area contributed by atoms with Crippen LogP contribution in [0.3, 0.4) is 0 Å². The number of halogens is 2. The first-order valence-electron chi connectivity index (χ1n) is 11.2. The number of Topliss-reactive ketones (excluding diaryl/α,β-unsaturated/α-hetero) is 1. The van der Waals surface area contributed by atoms with Gasteiger partial charge in [-0.3, -0.25) is 4.79 Å². The number of aromatic nitrogens is 2. The number of hydrogen-bond donors (Lipinski definition) is 0. The first-order chi connectivity index (χ1) is 17.4. The fraction of sp³-hybridized carbons (Fsp3) is 0.143. The van der Waals surface area contributed by atoms with Crippen molar-refractivity contribution >= 4 is 11.8 Å². The number of ketones is 1. The van der Waals surface area contributed by atoms with E-state index in [-0.39, 0.29) is 35.5 Å². The summed E-state index contributed by atoms with van der Waals surface area (Å²) in [4.78, 5) is 30.9. The maximum absolute atomic E-state index is 14.7. The van der Waals surface area contributed by atoms with Gasteiger partial charge >= 0.3 is 5.97 Å². The van der Waals surface area contributed by atoms with Crippen LogP contribution in [0.15, 0.2) is 79.1 Å². The van der Waals surface area contributed by atoms with Crippen molar-refractivity contribution in [1.29, 1.82) is 5.26 Å². The molecule has 0 bridgehead atoms. The summed E-state index contributed by atoms with van der Waals surface area (Å²) in [6.07, 6.45) is 1.19. The van der Waals surface area contributed by atoms with E-state index in [2.05, 4.69) is 4.98 Å². The van der Waals surface area contributed by atoms with E-state index >= 15 is 0 Å². The molecule has 6 nitrogen and oxygen atoms in total. The van der Waals surface area contributed by atoms with Crippen LogP contribution < -0.4 is 0 Å². The third kappa shape index (κ3) is 4.91. The molecule has 1 unspecified atom stereocenters. The second-order valence-electron chi connectivity index (χ2n) is 7.92. The van der Waals surface area contributed by atoms with Crippen LogP contribution in [0.5, 0.6) is 0 Å². The van der Waals surface area contributed by atoms with Crippen molar-refractivity contribution in [2.45, 2.75) is 19.3 Å². The van der Waals surface area contributed by atoms with Crippen molar-refractivity contribution in [3.8, 4) is 11.8 Å². The van der Waals surface area contributed by atoms with Crippen molar-refractivity contribution in [2.24, 2.45) is 0 Å². The Balaban J connectivity index is 1.94. The number of esters is 1. The molecule has 3 aromatic carbocycles. The van der Waals surface area contributed by atoms with Gasteiger partial charge in [0, 0.05) is 5.69 Å². The monoisotopic (exact) mass is 485 g/mol. The molecule has 0 spiro atoms. The molecule has 4 aromatic rings. The lowest BCUT2D eigenvalue weighted by molar-refractivity contribution is 0.0518. The number of hydrogen-bond acceptors (Lipinski definition) is 5. The van der Waals surface area contributed by atoms with Crippen molar-refractivity contribution in [3.63, 3.8) is 0 Å². The van der Waals surface area contributed by atoms with Gasteiger partial charge in [0.15, 0.2) is 11.5 Å². The van der Waals surface area contributed by atoms with E-state index < -0.39 is 29.3 Å². The summed E-state index contributed by atoms with van der Waals surface area (Å²) in [5.74, 6) is -3.86. The molecule has 8 heteroatoms. The van der Waals surface area contributed by atoms with Crippen LogP contribution in [0.4, 0.5) is 8.78 Å². The van der Waals surface area contributed by atoms with Gasteiger partial charge in [0.05, 0.1) is 35.4 Å². The minimum atomic E-state index is -1.18. The van der Waals surface area contributed by atoms with E-state index in [4.69, 9.17) is 10.00 Å². The quantitative estimate of drug-likeness (QED) is 0.246. The molecular weight excluding hydrogens is 464 g/mol. The van der Waals surface area contributed by atoms with Crippen LogP contribution in [0.2, 0.25) is 0 Å². The van der Waals surface area contributed by atoms with Gasteiger partial charge in [0.2, 0.25) is 0 Å². The number of carbonyl (C=O) groups excluding carboxylic acids is 2. The van der Waals surface area contributed by atoms with Crippen molar-refractivity contribution in [3.05, 3.63) is 119 Å². The van der Waals surface area contributed by atoms with E-state index in [1.807, 2.05) is 6.07 Å². The lowest BCUT2D eigenvalue weighted by Gasteiger charge is -2.20. The minimum Gasteiger partial charge on any atom is -0.461 e. The van der Waals surface area contributed by atoms with Gasteiger partial charge in [0.1, 0.15) is 18.0 Å². The molecule has 0 saturated heterocycles. The molecule has 0 fully saturated rings. The molecule has 36 heavy (non-hydrogen) atoms. The number of carbonyl (C=O) groups is 2. The Morgan fingerprint density at radius 2 is 1.67 bits per heavy atom. The Kier molecular flexibility index (Phi) is 7.31. The largest absolute Gasteiger partial charge is 0.461 e. The van der Waals surface area contributed by atoms with Gasteiger partial charge in [0.25, 0.3) is 0 Å². The lowest BCUT2D eigenvalue weighted by Crippen LogP contribution is -2.23. The zero-order valence-corrected chi connectivity index (χ0v) is 19.3. The minimum absolute atomic E-state index is 0.0707. The molecule has 1 aromatic heterocycles. The Morgan fingerprint density at radius 1 is 1.00 bits per heavy atom. The van der Waals surface area contributed by atoms with Gasteiger partial charge in [-0.1, -0.05) is 30.3 Å². The first-order valence-corrected chi connectivity index (χ1v) is 11.2.